The van der Waals surface area contributed by atoms with E-state index in [0.717, 1.165) is 18.4 Å². The summed E-state index contributed by atoms with van der Waals surface area (Å²) in [6.45, 7) is 4.33. The number of rotatable bonds is 8. The second kappa shape index (κ2) is 8.23. The van der Waals surface area contributed by atoms with Gasteiger partial charge < -0.3 is 4.74 Å². The second-order valence-corrected chi connectivity index (χ2v) is 8.75. The molecule has 5 nitrogen and oxygen atoms in total. The van der Waals surface area contributed by atoms with Crippen LogP contribution in [0.2, 0.25) is 0 Å². The first-order valence-corrected chi connectivity index (χ1v) is 10.7. The Morgan fingerprint density at radius 1 is 1.11 bits per heavy atom. The molecule has 1 aliphatic rings. The third kappa shape index (κ3) is 4.57. The van der Waals surface area contributed by atoms with Gasteiger partial charge in [0, 0.05) is 12.6 Å². The average Bonchev–Trinajstić information content (AvgIpc) is 3.52. The number of benzene rings is 2. The Balaban J connectivity index is 1.88. The van der Waals surface area contributed by atoms with E-state index in [1.54, 1.807) is 11.2 Å². The summed E-state index contributed by atoms with van der Waals surface area (Å²) in [6, 6.07) is 15.5. The summed E-state index contributed by atoms with van der Waals surface area (Å²) < 4.78 is 33.2. The highest BCUT2D eigenvalue weighted by molar-refractivity contribution is 7.89. The van der Waals surface area contributed by atoms with Crippen LogP contribution >= 0.6 is 0 Å². The fourth-order valence-electron chi connectivity index (χ4n) is 3.14. The highest BCUT2D eigenvalue weighted by atomic mass is 32.2. The number of hydrogen-bond acceptors (Lipinski definition) is 4. The topological polar surface area (TPSA) is 63.7 Å². The highest BCUT2D eigenvalue weighted by Gasteiger charge is 2.38. The maximum atomic E-state index is 13.3. The van der Waals surface area contributed by atoms with Crippen LogP contribution in [-0.4, -0.2) is 31.3 Å². The molecule has 0 spiro atoms. The minimum absolute atomic E-state index is 0.0695. The number of carbonyl (C=O) groups is 1. The Morgan fingerprint density at radius 2 is 1.74 bits per heavy atom. The first-order valence-electron chi connectivity index (χ1n) is 9.26. The van der Waals surface area contributed by atoms with Crippen LogP contribution in [0.3, 0.4) is 0 Å². The smallest absolute Gasteiger partial charge is 0.338 e. The molecule has 1 atom stereocenters. The van der Waals surface area contributed by atoms with Crippen LogP contribution in [0.5, 0.6) is 0 Å². The minimum Gasteiger partial charge on any atom is -0.462 e. The molecule has 0 radical (unpaired) electrons. The van der Waals surface area contributed by atoms with Gasteiger partial charge in [0.1, 0.15) is 0 Å². The third-order valence-electron chi connectivity index (χ3n) is 4.91. The van der Waals surface area contributed by atoms with Gasteiger partial charge in [-0.25, -0.2) is 13.2 Å². The summed E-state index contributed by atoms with van der Waals surface area (Å²) in [5.41, 5.74) is 1.30. The van der Waals surface area contributed by atoms with Gasteiger partial charge in [-0.05, 0) is 62.4 Å². The van der Waals surface area contributed by atoms with E-state index in [1.165, 1.54) is 24.3 Å². The monoisotopic (exact) mass is 387 g/mol. The van der Waals surface area contributed by atoms with Crippen molar-refractivity contribution in [3.8, 4) is 0 Å². The summed E-state index contributed by atoms with van der Waals surface area (Å²) in [7, 11) is -3.68. The molecular formula is C21H25NO4S. The van der Waals surface area contributed by atoms with E-state index in [4.69, 9.17) is 4.74 Å². The number of nitrogens with zero attached hydrogens (tertiary/aromatic N) is 1. The summed E-state index contributed by atoms with van der Waals surface area (Å²) in [5, 5.41) is 0. The highest BCUT2D eigenvalue weighted by Crippen LogP contribution is 2.37. The zero-order chi connectivity index (χ0) is 19.4. The lowest BCUT2D eigenvalue weighted by molar-refractivity contribution is 0.0526. The van der Waals surface area contributed by atoms with Gasteiger partial charge in [0.2, 0.25) is 10.0 Å². The summed E-state index contributed by atoms with van der Waals surface area (Å²) in [6.07, 6.45) is 2.12. The zero-order valence-electron chi connectivity index (χ0n) is 15.7. The molecule has 0 unspecified atom stereocenters. The van der Waals surface area contributed by atoms with Gasteiger partial charge in [0.25, 0.3) is 0 Å². The molecule has 2 aromatic carbocycles. The SMILES string of the molecule is CCOC(=O)c1ccc(S(=O)(=O)N(Cc2ccccc2)[C@@H](C)C2CC2)cc1. The van der Waals surface area contributed by atoms with Crippen LogP contribution in [0.4, 0.5) is 0 Å². The molecule has 144 valence electrons. The van der Waals surface area contributed by atoms with Gasteiger partial charge in [-0.3, -0.25) is 0 Å². The average molecular weight is 388 g/mol. The Morgan fingerprint density at radius 3 is 2.30 bits per heavy atom. The van der Waals surface area contributed by atoms with Crippen LogP contribution in [0.1, 0.15) is 42.6 Å². The number of esters is 1. The summed E-state index contributed by atoms with van der Waals surface area (Å²) in [4.78, 5) is 12.0. The first-order chi connectivity index (χ1) is 12.9. The fourth-order valence-corrected chi connectivity index (χ4v) is 4.82. The minimum atomic E-state index is -3.68. The van der Waals surface area contributed by atoms with Crippen molar-refractivity contribution in [2.75, 3.05) is 6.61 Å². The number of ether oxygens (including phenoxy) is 1. The molecular weight excluding hydrogens is 362 g/mol. The van der Waals surface area contributed by atoms with Gasteiger partial charge in [-0.1, -0.05) is 30.3 Å². The molecule has 0 aromatic heterocycles. The van der Waals surface area contributed by atoms with E-state index in [2.05, 4.69) is 0 Å². The van der Waals surface area contributed by atoms with Gasteiger partial charge in [-0.2, -0.15) is 4.31 Å². The van der Waals surface area contributed by atoms with Gasteiger partial charge in [-0.15, -0.1) is 0 Å². The van der Waals surface area contributed by atoms with Gasteiger partial charge in [0.05, 0.1) is 17.1 Å². The lowest BCUT2D eigenvalue weighted by Crippen LogP contribution is -2.39. The number of sulfonamides is 1. The molecule has 27 heavy (non-hydrogen) atoms. The molecule has 0 heterocycles. The van der Waals surface area contributed by atoms with E-state index in [0.29, 0.717) is 18.0 Å². The standard InChI is InChI=1S/C21H25NO4S/c1-3-26-21(23)19-11-13-20(14-12-19)27(24,25)22(16(2)18-9-10-18)15-17-7-5-4-6-8-17/h4-8,11-14,16,18H,3,9-10,15H2,1-2H3/t16-/m0/s1. The Bertz CT molecular complexity index is 874. The molecule has 0 aliphatic heterocycles. The third-order valence-corrected chi connectivity index (χ3v) is 6.86. The van der Waals surface area contributed by atoms with Crippen LogP contribution in [-0.2, 0) is 21.3 Å². The number of carbonyl (C=O) groups excluding carboxylic acids is 1. The molecule has 0 amide bonds. The van der Waals surface area contributed by atoms with Crippen molar-refractivity contribution in [2.45, 2.75) is 44.2 Å². The fraction of sp³-hybridized carbons (Fsp3) is 0.381. The lowest BCUT2D eigenvalue weighted by atomic mass is 10.2. The largest absolute Gasteiger partial charge is 0.462 e. The van der Waals surface area contributed by atoms with E-state index in [9.17, 15) is 13.2 Å². The molecule has 1 saturated carbocycles. The Labute approximate surface area is 161 Å². The predicted octanol–water partition coefficient (Wildman–Crippen LogP) is 3.85. The summed E-state index contributed by atoms with van der Waals surface area (Å²) in [5.74, 6) is -0.0452. The molecule has 0 N–H and O–H groups in total. The van der Waals surface area contributed by atoms with Gasteiger partial charge in [0.15, 0.2) is 0 Å². The number of hydrogen-bond donors (Lipinski definition) is 0. The Kier molecular flexibility index (Phi) is 5.97. The van der Waals surface area contributed by atoms with Crippen molar-refractivity contribution in [2.24, 2.45) is 5.92 Å². The molecule has 6 heteroatoms. The van der Waals surface area contributed by atoms with Crippen molar-refractivity contribution in [1.82, 2.24) is 4.31 Å². The van der Waals surface area contributed by atoms with Crippen LogP contribution in [0.25, 0.3) is 0 Å². The lowest BCUT2D eigenvalue weighted by Gasteiger charge is -2.28. The maximum Gasteiger partial charge on any atom is 0.338 e. The molecule has 0 saturated heterocycles. The Hall–Kier alpha value is -2.18. The molecule has 1 fully saturated rings. The van der Waals surface area contributed by atoms with E-state index in [1.807, 2.05) is 37.3 Å². The van der Waals surface area contributed by atoms with Crippen LogP contribution in [0.15, 0.2) is 59.5 Å². The van der Waals surface area contributed by atoms with Gasteiger partial charge >= 0.3 is 5.97 Å². The van der Waals surface area contributed by atoms with Crippen LogP contribution < -0.4 is 0 Å². The molecule has 2 aromatic rings. The second-order valence-electron chi connectivity index (χ2n) is 6.86. The molecule has 1 aliphatic carbocycles. The normalized spacial score (nSPS) is 15.5. The predicted molar refractivity (Wildman–Crippen MR) is 104 cm³/mol. The van der Waals surface area contributed by atoms with Crippen molar-refractivity contribution >= 4 is 16.0 Å². The van der Waals surface area contributed by atoms with Crippen LogP contribution in [0, 0.1) is 5.92 Å². The van der Waals surface area contributed by atoms with Crippen molar-refractivity contribution in [1.29, 1.82) is 0 Å². The first kappa shape index (κ1) is 19.6. The quantitative estimate of drug-likeness (QED) is 0.646. The molecule has 0 bridgehead atoms. The van der Waals surface area contributed by atoms with E-state index < -0.39 is 16.0 Å². The van der Waals surface area contributed by atoms with Crippen molar-refractivity contribution in [3.05, 3.63) is 65.7 Å². The molecule has 3 rings (SSSR count). The van der Waals surface area contributed by atoms with E-state index >= 15 is 0 Å². The van der Waals surface area contributed by atoms with Crippen molar-refractivity contribution < 1.29 is 17.9 Å². The van der Waals surface area contributed by atoms with E-state index in [-0.39, 0.29) is 17.5 Å². The van der Waals surface area contributed by atoms with Crippen molar-refractivity contribution in [3.63, 3.8) is 0 Å². The maximum absolute atomic E-state index is 13.3. The zero-order valence-corrected chi connectivity index (χ0v) is 16.5. The summed E-state index contributed by atoms with van der Waals surface area (Å²) >= 11 is 0.